The van der Waals surface area contributed by atoms with Gasteiger partial charge in [-0.15, -0.1) is 0 Å². The average Bonchev–Trinajstić information content (AvgIpc) is 2.73. The molecule has 0 radical (unpaired) electrons. The van der Waals surface area contributed by atoms with Crippen molar-refractivity contribution in [3.05, 3.63) is 95.3 Å². The van der Waals surface area contributed by atoms with Gasteiger partial charge in [0.05, 0.1) is 11.1 Å². The van der Waals surface area contributed by atoms with Gasteiger partial charge >= 0.3 is 6.18 Å². The van der Waals surface area contributed by atoms with Crippen molar-refractivity contribution < 1.29 is 26.3 Å². The molecule has 0 spiro atoms. The molecule has 0 unspecified atom stereocenters. The van der Waals surface area contributed by atoms with Crippen LogP contribution in [0.5, 0.6) is 0 Å². The second-order valence-electron chi connectivity index (χ2n) is 7.23. The lowest BCUT2D eigenvalue weighted by Gasteiger charge is -2.12. The predicted molar refractivity (Wildman–Crippen MR) is 109 cm³/mol. The van der Waals surface area contributed by atoms with Crippen molar-refractivity contribution in [2.45, 2.75) is 19.5 Å². The Bertz CT molecular complexity index is 1250. The Labute approximate surface area is 174 Å². The molecule has 0 amide bonds. The molecule has 4 rings (SSSR count). The molecule has 158 valence electrons. The van der Waals surface area contributed by atoms with Gasteiger partial charge in [-0.05, 0) is 52.8 Å². The van der Waals surface area contributed by atoms with Crippen LogP contribution in [0.4, 0.5) is 26.3 Å². The number of rotatable bonds is 3. The molecule has 6 heteroatoms. The quantitative estimate of drug-likeness (QED) is 0.288. The second-order valence-corrected chi connectivity index (χ2v) is 7.23. The van der Waals surface area contributed by atoms with E-state index in [4.69, 9.17) is 0 Å². The van der Waals surface area contributed by atoms with E-state index in [0.29, 0.717) is 10.8 Å². The second kappa shape index (κ2) is 7.76. The van der Waals surface area contributed by atoms with E-state index < -0.39 is 34.8 Å². The van der Waals surface area contributed by atoms with Crippen LogP contribution in [-0.2, 0) is 12.6 Å². The highest BCUT2D eigenvalue weighted by molar-refractivity contribution is 5.89. The van der Waals surface area contributed by atoms with Gasteiger partial charge in [-0.25, -0.2) is 13.2 Å². The van der Waals surface area contributed by atoms with Crippen molar-refractivity contribution in [3.63, 3.8) is 0 Å². The van der Waals surface area contributed by atoms with Crippen LogP contribution < -0.4 is 0 Å². The van der Waals surface area contributed by atoms with E-state index in [1.54, 1.807) is 18.2 Å². The van der Waals surface area contributed by atoms with Crippen molar-refractivity contribution in [1.82, 2.24) is 0 Å². The number of benzene rings is 4. The molecule has 0 atom stereocenters. The number of fused-ring (bicyclic) bond motifs is 1. The maximum absolute atomic E-state index is 15.1. The van der Waals surface area contributed by atoms with E-state index >= 15 is 4.39 Å². The standard InChI is InChI=1S/C25H16F6/c1-2-14-3-9-19-16(11-14)6-10-20(24(19)28)17-12-21(26)23(22(27)13-17)15-4-7-18(8-5-15)25(29,30)31/h3-13H,2H2,1H3. The maximum atomic E-state index is 15.1. The minimum Gasteiger partial charge on any atom is -0.206 e. The van der Waals surface area contributed by atoms with Gasteiger partial charge in [0, 0.05) is 10.9 Å². The molecule has 31 heavy (non-hydrogen) atoms. The zero-order chi connectivity index (χ0) is 22.3. The zero-order valence-electron chi connectivity index (χ0n) is 16.3. The fraction of sp³-hybridized carbons (Fsp3) is 0.120. The first-order valence-corrected chi connectivity index (χ1v) is 9.57. The fourth-order valence-electron chi connectivity index (χ4n) is 3.61. The monoisotopic (exact) mass is 430 g/mol. The molecule has 0 aliphatic rings. The summed E-state index contributed by atoms with van der Waals surface area (Å²) in [6.45, 7) is 1.98. The van der Waals surface area contributed by atoms with Crippen molar-refractivity contribution in [2.75, 3.05) is 0 Å². The smallest absolute Gasteiger partial charge is 0.206 e. The highest BCUT2D eigenvalue weighted by Crippen LogP contribution is 2.36. The van der Waals surface area contributed by atoms with E-state index in [9.17, 15) is 22.0 Å². The molecule has 0 nitrogen and oxygen atoms in total. The van der Waals surface area contributed by atoms with E-state index in [-0.39, 0.29) is 16.7 Å². The Morgan fingerprint density at radius 1 is 0.710 bits per heavy atom. The van der Waals surface area contributed by atoms with Gasteiger partial charge in [0.1, 0.15) is 17.5 Å². The Kier molecular flexibility index (Phi) is 5.25. The average molecular weight is 430 g/mol. The topological polar surface area (TPSA) is 0 Å². The summed E-state index contributed by atoms with van der Waals surface area (Å²) in [5, 5.41) is 1.02. The Balaban J connectivity index is 1.78. The van der Waals surface area contributed by atoms with Crippen LogP contribution in [0, 0.1) is 17.5 Å². The Hall–Kier alpha value is -3.28. The normalized spacial score (nSPS) is 11.8. The molecule has 4 aromatic carbocycles. The lowest BCUT2D eigenvalue weighted by atomic mass is 9.95. The molecule has 0 aliphatic heterocycles. The Morgan fingerprint density at radius 3 is 1.94 bits per heavy atom. The summed E-state index contributed by atoms with van der Waals surface area (Å²) in [5.74, 6) is -2.58. The largest absolute Gasteiger partial charge is 0.416 e. The third-order valence-corrected chi connectivity index (χ3v) is 5.28. The van der Waals surface area contributed by atoms with Gasteiger partial charge in [-0.3, -0.25) is 0 Å². The van der Waals surface area contributed by atoms with Crippen LogP contribution in [0.3, 0.4) is 0 Å². The van der Waals surface area contributed by atoms with Crippen molar-refractivity contribution in [3.8, 4) is 22.3 Å². The van der Waals surface area contributed by atoms with Gasteiger partial charge in [0.25, 0.3) is 0 Å². The Morgan fingerprint density at radius 2 is 1.35 bits per heavy atom. The number of hydrogen-bond acceptors (Lipinski definition) is 0. The van der Waals surface area contributed by atoms with Gasteiger partial charge < -0.3 is 0 Å². The van der Waals surface area contributed by atoms with Crippen molar-refractivity contribution in [1.29, 1.82) is 0 Å². The van der Waals surface area contributed by atoms with E-state index in [1.807, 2.05) is 13.0 Å². The van der Waals surface area contributed by atoms with Crippen LogP contribution in [0.25, 0.3) is 33.0 Å². The van der Waals surface area contributed by atoms with Gasteiger partial charge in [-0.2, -0.15) is 13.2 Å². The molecule has 0 saturated carbocycles. The molecular weight excluding hydrogens is 414 g/mol. The summed E-state index contributed by atoms with van der Waals surface area (Å²) < 4.78 is 82.8. The van der Waals surface area contributed by atoms with Crippen LogP contribution in [0.2, 0.25) is 0 Å². The molecule has 4 aromatic rings. The lowest BCUT2D eigenvalue weighted by molar-refractivity contribution is -0.137. The summed E-state index contributed by atoms with van der Waals surface area (Å²) in [5.41, 5.74) is -0.346. The fourth-order valence-corrected chi connectivity index (χ4v) is 3.61. The molecule has 0 bridgehead atoms. The van der Waals surface area contributed by atoms with Gasteiger partial charge in [0.15, 0.2) is 0 Å². The third-order valence-electron chi connectivity index (χ3n) is 5.28. The van der Waals surface area contributed by atoms with E-state index in [0.717, 1.165) is 48.4 Å². The molecular formula is C25H16F6. The van der Waals surface area contributed by atoms with Gasteiger partial charge in [0.2, 0.25) is 0 Å². The number of aryl methyl sites for hydroxylation is 1. The molecule has 0 fully saturated rings. The summed E-state index contributed by atoms with van der Waals surface area (Å²) in [7, 11) is 0. The lowest BCUT2D eigenvalue weighted by Crippen LogP contribution is -2.04. The van der Waals surface area contributed by atoms with E-state index in [1.165, 1.54) is 6.07 Å². The highest BCUT2D eigenvalue weighted by atomic mass is 19.4. The molecule has 0 saturated heterocycles. The first-order valence-electron chi connectivity index (χ1n) is 9.57. The van der Waals surface area contributed by atoms with Crippen molar-refractivity contribution in [2.24, 2.45) is 0 Å². The summed E-state index contributed by atoms with van der Waals surface area (Å²) in [6, 6.07) is 13.9. The predicted octanol–water partition coefficient (Wildman–Crippen LogP) is 8.17. The zero-order valence-corrected chi connectivity index (χ0v) is 16.3. The van der Waals surface area contributed by atoms with Crippen LogP contribution in [-0.4, -0.2) is 0 Å². The molecule has 0 aromatic heterocycles. The molecule has 0 heterocycles. The van der Waals surface area contributed by atoms with Crippen molar-refractivity contribution >= 4 is 10.8 Å². The number of hydrogen-bond donors (Lipinski definition) is 0. The van der Waals surface area contributed by atoms with Gasteiger partial charge in [-0.1, -0.05) is 49.4 Å². The summed E-state index contributed by atoms with van der Waals surface area (Å²) in [6.07, 6.45) is -3.76. The first-order chi connectivity index (χ1) is 14.7. The maximum Gasteiger partial charge on any atom is 0.416 e. The summed E-state index contributed by atoms with van der Waals surface area (Å²) in [4.78, 5) is 0. The number of halogens is 6. The highest BCUT2D eigenvalue weighted by Gasteiger charge is 2.30. The van der Waals surface area contributed by atoms with Crippen LogP contribution in [0.15, 0.2) is 66.7 Å². The molecule has 0 aliphatic carbocycles. The summed E-state index contributed by atoms with van der Waals surface area (Å²) >= 11 is 0. The minimum absolute atomic E-state index is 0.00429. The molecule has 0 N–H and O–H groups in total. The van der Waals surface area contributed by atoms with E-state index in [2.05, 4.69) is 0 Å². The SMILES string of the molecule is CCc1ccc2c(F)c(-c3cc(F)c(-c4ccc(C(F)(F)F)cc4)c(F)c3)ccc2c1. The third kappa shape index (κ3) is 3.90. The minimum atomic E-state index is -4.55. The first kappa shape index (κ1) is 21.0. The number of alkyl halides is 3. The van der Waals surface area contributed by atoms with Crippen LogP contribution >= 0.6 is 0 Å². The van der Waals surface area contributed by atoms with Crippen LogP contribution in [0.1, 0.15) is 18.1 Å².